The summed E-state index contributed by atoms with van der Waals surface area (Å²) in [5, 5.41) is 9.09. The Bertz CT molecular complexity index is 1070. The van der Waals surface area contributed by atoms with E-state index in [4.69, 9.17) is 11.1 Å². The average Bonchev–Trinajstić information content (AvgIpc) is 2.60. The third kappa shape index (κ3) is 3.06. The molecule has 2 atom stereocenters. The molecular formula is C19H20F2N4O2S. The van der Waals surface area contributed by atoms with Gasteiger partial charge in [0.1, 0.15) is 22.5 Å². The summed E-state index contributed by atoms with van der Waals surface area (Å²) in [6.07, 6.45) is 0. The van der Waals surface area contributed by atoms with Crippen molar-refractivity contribution >= 4 is 21.6 Å². The minimum atomic E-state index is -4.18. The number of nitrogens with two attached hydrogens (primary N) is 1. The van der Waals surface area contributed by atoms with Crippen LogP contribution in [0.3, 0.4) is 0 Å². The van der Waals surface area contributed by atoms with E-state index in [0.717, 1.165) is 27.6 Å². The van der Waals surface area contributed by atoms with Gasteiger partial charge < -0.3 is 11.1 Å². The Balaban J connectivity index is 2.25. The Kier molecular flexibility index (Phi) is 4.76. The Morgan fingerprint density at radius 2 is 1.86 bits per heavy atom. The summed E-state index contributed by atoms with van der Waals surface area (Å²) in [5.41, 5.74) is 6.01. The lowest BCUT2D eigenvalue weighted by Gasteiger charge is -2.46. The molecule has 28 heavy (non-hydrogen) atoms. The van der Waals surface area contributed by atoms with Crippen LogP contribution < -0.4 is 11.1 Å². The van der Waals surface area contributed by atoms with Gasteiger partial charge in [-0.15, -0.1) is 0 Å². The molecule has 4 N–H and O–H groups in total. The molecule has 3 rings (SSSR count). The van der Waals surface area contributed by atoms with Crippen molar-refractivity contribution in [2.45, 2.75) is 17.8 Å². The molecule has 6 nitrogen and oxygen atoms in total. The standard InChI is InChI=1S/C19H20F2N4O2S/c1-11(2)12-4-6-13(7-5-12)17-19(23,15-9-8-14(20)10-16(15)21)24-18(22)25(3)28(17,26)27/h4-10,17H,1,23H2,2-3H3,(H2,22,24)/t17-,19+/m0/s1. The van der Waals surface area contributed by atoms with E-state index < -0.39 is 38.5 Å². The normalized spacial score (nSPS) is 24.0. The second-order valence-corrected chi connectivity index (χ2v) is 8.81. The van der Waals surface area contributed by atoms with E-state index in [1.807, 2.05) is 6.92 Å². The molecule has 1 aliphatic rings. The maximum atomic E-state index is 14.6. The third-order valence-corrected chi connectivity index (χ3v) is 7.00. The fourth-order valence-corrected chi connectivity index (χ4v) is 5.04. The van der Waals surface area contributed by atoms with Gasteiger partial charge in [-0.1, -0.05) is 36.4 Å². The molecular weight excluding hydrogens is 386 g/mol. The van der Waals surface area contributed by atoms with E-state index in [9.17, 15) is 17.2 Å². The number of rotatable bonds is 3. The molecule has 148 valence electrons. The largest absolute Gasteiger partial charge is 0.332 e. The summed E-state index contributed by atoms with van der Waals surface area (Å²) < 4.78 is 55.0. The molecule has 0 aromatic heterocycles. The first kappa shape index (κ1) is 20.0. The lowest BCUT2D eigenvalue weighted by molar-refractivity contribution is 0.326. The molecule has 1 saturated heterocycles. The first-order chi connectivity index (χ1) is 13.0. The SMILES string of the molecule is C=C(C)c1ccc([C@H]2[C@@](N)(c3ccc(F)cc3F)NC(=N)N(C)S2(=O)=O)cc1. The highest BCUT2D eigenvalue weighted by Crippen LogP contribution is 2.42. The highest BCUT2D eigenvalue weighted by molar-refractivity contribution is 7.90. The number of guanidine groups is 1. The van der Waals surface area contributed by atoms with Crippen molar-refractivity contribution in [3.8, 4) is 0 Å². The number of nitrogens with zero attached hydrogens (tertiary/aromatic N) is 1. The molecule has 0 bridgehead atoms. The van der Waals surface area contributed by atoms with Gasteiger partial charge in [0, 0.05) is 18.7 Å². The van der Waals surface area contributed by atoms with Crippen LogP contribution in [0.15, 0.2) is 49.0 Å². The molecule has 0 radical (unpaired) electrons. The molecule has 2 aromatic rings. The third-order valence-electron chi connectivity index (χ3n) is 4.82. The summed E-state index contributed by atoms with van der Waals surface area (Å²) >= 11 is 0. The van der Waals surface area contributed by atoms with E-state index in [1.165, 1.54) is 7.05 Å². The number of sulfonamides is 1. The topological polar surface area (TPSA) is 99.3 Å². The first-order valence-corrected chi connectivity index (χ1v) is 9.83. The highest BCUT2D eigenvalue weighted by Gasteiger charge is 2.54. The fraction of sp³-hybridized carbons (Fsp3) is 0.211. The Labute approximate surface area is 162 Å². The van der Waals surface area contributed by atoms with Gasteiger partial charge in [-0.25, -0.2) is 21.5 Å². The molecule has 0 spiro atoms. The second-order valence-electron chi connectivity index (χ2n) is 6.76. The lowest BCUT2D eigenvalue weighted by atomic mass is 9.90. The van der Waals surface area contributed by atoms with E-state index in [-0.39, 0.29) is 5.56 Å². The Morgan fingerprint density at radius 1 is 1.25 bits per heavy atom. The number of halogens is 2. The highest BCUT2D eigenvalue weighted by atomic mass is 32.2. The molecule has 0 saturated carbocycles. The Hall–Kier alpha value is -2.78. The van der Waals surface area contributed by atoms with Crippen molar-refractivity contribution in [3.63, 3.8) is 0 Å². The van der Waals surface area contributed by atoms with Gasteiger partial charge in [-0.05, 0) is 30.2 Å². The number of hydrogen-bond donors (Lipinski definition) is 3. The van der Waals surface area contributed by atoms with E-state index in [1.54, 1.807) is 24.3 Å². The van der Waals surface area contributed by atoms with Crippen LogP contribution in [0.25, 0.3) is 5.57 Å². The number of nitrogens with one attached hydrogen (secondary N) is 2. The zero-order chi connectivity index (χ0) is 20.9. The van der Waals surface area contributed by atoms with Crippen LogP contribution in [0.2, 0.25) is 0 Å². The van der Waals surface area contributed by atoms with Gasteiger partial charge in [-0.2, -0.15) is 0 Å². The molecule has 0 unspecified atom stereocenters. The second kappa shape index (κ2) is 6.68. The number of benzene rings is 2. The monoisotopic (exact) mass is 406 g/mol. The maximum Gasteiger partial charge on any atom is 0.248 e. The zero-order valence-electron chi connectivity index (χ0n) is 15.3. The van der Waals surface area contributed by atoms with Crippen LogP contribution >= 0.6 is 0 Å². The minimum Gasteiger partial charge on any atom is -0.332 e. The van der Waals surface area contributed by atoms with Crippen LogP contribution in [-0.4, -0.2) is 25.7 Å². The molecule has 2 aromatic carbocycles. The van der Waals surface area contributed by atoms with Gasteiger partial charge in [-0.3, -0.25) is 5.41 Å². The van der Waals surface area contributed by atoms with Crippen LogP contribution in [-0.2, 0) is 15.7 Å². The summed E-state index contributed by atoms with van der Waals surface area (Å²) in [4.78, 5) is 0. The number of allylic oxidation sites excluding steroid dienone is 1. The van der Waals surface area contributed by atoms with Gasteiger partial charge in [0.15, 0.2) is 0 Å². The summed E-state index contributed by atoms with van der Waals surface area (Å²) in [7, 11) is -2.97. The predicted octanol–water partition coefficient (Wildman–Crippen LogP) is 2.65. The van der Waals surface area contributed by atoms with Crippen molar-refractivity contribution < 1.29 is 17.2 Å². The first-order valence-electron chi connectivity index (χ1n) is 8.33. The van der Waals surface area contributed by atoms with Crippen LogP contribution in [0.5, 0.6) is 0 Å². The fourth-order valence-electron chi connectivity index (χ4n) is 3.27. The minimum absolute atomic E-state index is 0.260. The number of hydrogen-bond acceptors (Lipinski definition) is 4. The quantitative estimate of drug-likeness (QED) is 0.730. The smallest absolute Gasteiger partial charge is 0.248 e. The molecule has 0 aliphatic carbocycles. The van der Waals surface area contributed by atoms with Gasteiger partial charge >= 0.3 is 0 Å². The van der Waals surface area contributed by atoms with Crippen molar-refractivity contribution in [2.75, 3.05) is 7.05 Å². The van der Waals surface area contributed by atoms with E-state index in [0.29, 0.717) is 11.6 Å². The lowest BCUT2D eigenvalue weighted by Crippen LogP contribution is -2.67. The van der Waals surface area contributed by atoms with Crippen molar-refractivity contribution in [3.05, 3.63) is 77.4 Å². The van der Waals surface area contributed by atoms with Crippen LogP contribution in [0.4, 0.5) is 8.78 Å². The van der Waals surface area contributed by atoms with E-state index >= 15 is 0 Å². The summed E-state index contributed by atoms with van der Waals surface area (Å²) in [5.74, 6) is -2.34. The molecule has 1 aliphatic heterocycles. The van der Waals surface area contributed by atoms with Crippen molar-refractivity contribution in [1.29, 1.82) is 5.41 Å². The van der Waals surface area contributed by atoms with Gasteiger partial charge in [0.05, 0.1) is 0 Å². The van der Waals surface area contributed by atoms with Crippen molar-refractivity contribution in [1.82, 2.24) is 9.62 Å². The molecule has 0 amide bonds. The van der Waals surface area contributed by atoms with Crippen LogP contribution in [0.1, 0.15) is 28.9 Å². The van der Waals surface area contributed by atoms with E-state index in [2.05, 4.69) is 11.9 Å². The van der Waals surface area contributed by atoms with Crippen LogP contribution in [0, 0.1) is 17.0 Å². The maximum absolute atomic E-state index is 14.6. The summed E-state index contributed by atoms with van der Waals surface area (Å²) in [6.45, 7) is 5.65. The zero-order valence-corrected chi connectivity index (χ0v) is 16.1. The summed E-state index contributed by atoms with van der Waals surface area (Å²) in [6, 6.07) is 9.22. The van der Waals surface area contributed by atoms with Crippen molar-refractivity contribution in [2.24, 2.45) is 5.73 Å². The van der Waals surface area contributed by atoms with Gasteiger partial charge in [0.25, 0.3) is 0 Å². The van der Waals surface area contributed by atoms with Gasteiger partial charge in [0.2, 0.25) is 16.0 Å². The Morgan fingerprint density at radius 3 is 2.39 bits per heavy atom. The molecule has 9 heteroatoms. The average molecular weight is 406 g/mol. The molecule has 1 heterocycles. The predicted molar refractivity (Wildman–Crippen MR) is 104 cm³/mol. The molecule has 1 fully saturated rings.